The second kappa shape index (κ2) is 9.46. The third-order valence-corrected chi connectivity index (χ3v) is 6.39. The number of ether oxygens (including phenoxy) is 1. The summed E-state index contributed by atoms with van der Waals surface area (Å²) in [6.07, 6.45) is 1.63. The zero-order chi connectivity index (χ0) is 20.1. The van der Waals surface area contributed by atoms with E-state index in [0.29, 0.717) is 22.3 Å². The Labute approximate surface area is 176 Å². The van der Waals surface area contributed by atoms with Crippen LogP contribution in [0.2, 0.25) is 5.02 Å². The minimum Gasteiger partial charge on any atom is -0.369 e. The zero-order valence-corrected chi connectivity index (χ0v) is 17.6. The van der Waals surface area contributed by atoms with E-state index in [0.717, 1.165) is 30.1 Å². The van der Waals surface area contributed by atoms with E-state index in [9.17, 15) is 4.79 Å². The largest absolute Gasteiger partial charge is 0.369 e. The first-order chi connectivity index (χ1) is 13.5. The lowest BCUT2D eigenvalue weighted by Gasteiger charge is -2.35. The maximum Gasteiger partial charge on any atom is 0.267 e. The first-order valence-corrected chi connectivity index (χ1v) is 10.8. The number of nitrogens with one attached hydrogen (secondary N) is 3. The Bertz CT molecular complexity index is 862. The van der Waals surface area contributed by atoms with E-state index < -0.39 is 5.56 Å². The molecule has 1 saturated heterocycles. The van der Waals surface area contributed by atoms with Crippen molar-refractivity contribution in [2.45, 2.75) is 25.3 Å². The van der Waals surface area contributed by atoms with E-state index in [1.54, 1.807) is 12.1 Å². The van der Waals surface area contributed by atoms with E-state index in [1.807, 2.05) is 24.0 Å². The molecule has 2 aromatic rings. The Hall–Kier alpha value is -2.01. The van der Waals surface area contributed by atoms with Gasteiger partial charge in [0.15, 0.2) is 11.5 Å². The summed E-state index contributed by atoms with van der Waals surface area (Å²) in [5, 5.41) is 11.3. The van der Waals surface area contributed by atoms with Crippen LogP contribution in [-0.4, -0.2) is 35.6 Å². The highest BCUT2D eigenvalue weighted by molar-refractivity contribution is 7.98. The number of nitrogens with two attached hydrogens (primary N) is 1. The smallest absolute Gasteiger partial charge is 0.267 e. The molecule has 0 aromatic carbocycles. The Morgan fingerprint density at radius 1 is 1.57 bits per heavy atom. The van der Waals surface area contributed by atoms with Gasteiger partial charge in [-0.2, -0.15) is 0 Å². The van der Waals surface area contributed by atoms with Gasteiger partial charge in [-0.3, -0.25) is 14.9 Å². The monoisotopic (exact) mass is 440 g/mol. The number of amides is 1. The molecule has 1 fully saturated rings. The molecular formula is C17H21ClN6O2S2. The molecule has 5 N–H and O–H groups in total. The van der Waals surface area contributed by atoms with E-state index in [-0.39, 0.29) is 11.9 Å². The highest BCUT2D eigenvalue weighted by Gasteiger charge is 2.28. The molecule has 0 saturated carbocycles. The fraction of sp³-hybridized carbons (Fsp3) is 0.353. The van der Waals surface area contributed by atoms with Crippen molar-refractivity contribution in [3.8, 4) is 0 Å². The molecule has 1 atom stereocenters. The van der Waals surface area contributed by atoms with Crippen LogP contribution in [0.15, 0.2) is 24.3 Å². The molecular weight excluding hydrogens is 420 g/mol. The third kappa shape index (κ3) is 5.07. The molecule has 0 spiro atoms. The van der Waals surface area contributed by atoms with E-state index in [4.69, 9.17) is 27.5 Å². The molecule has 1 aliphatic rings. The molecule has 0 aliphatic carbocycles. The number of carbonyl (C=O) groups excluding carboxylic acids is 1. The van der Waals surface area contributed by atoms with Crippen molar-refractivity contribution < 1.29 is 9.53 Å². The van der Waals surface area contributed by atoms with Crippen molar-refractivity contribution in [2.24, 2.45) is 5.73 Å². The first-order valence-electron chi connectivity index (χ1n) is 8.68. The number of hydrogen-bond donors (Lipinski definition) is 4. The van der Waals surface area contributed by atoms with Crippen molar-refractivity contribution in [1.29, 1.82) is 5.41 Å². The summed E-state index contributed by atoms with van der Waals surface area (Å²) in [6, 6.07) is 7.18. The normalized spacial score (nSPS) is 16.6. The van der Waals surface area contributed by atoms with Crippen LogP contribution in [-0.2, 0) is 11.2 Å². The van der Waals surface area contributed by atoms with Crippen molar-refractivity contribution in [3.63, 3.8) is 0 Å². The fourth-order valence-electron chi connectivity index (χ4n) is 2.61. The molecule has 11 heteroatoms. The standard InChI is InChI=1S/C17H21ClN6O2S2/c1-2-10-5-3-6-13(21-10)22-14(25)12-9-11(18)15(27-12)24-7-4-8-26-17(24)28-23-16(19)20/h3,5-6,9,17H,2,4,7-8H2,1H3,(H4,19,20,23)(H,21,22,25). The van der Waals surface area contributed by atoms with Gasteiger partial charge in [0.25, 0.3) is 5.91 Å². The van der Waals surface area contributed by atoms with Gasteiger partial charge in [0.2, 0.25) is 0 Å². The number of rotatable bonds is 6. The molecule has 150 valence electrons. The maximum absolute atomic E-state index is 12.6. The summed E-state index contributed by atoms with van der Waals surface area (Å²) in [5.74, 6) is 0.0944. The van der Waals surface area contributed by atoms with Gasteiger partial charge in [-0.1, -0.05) is 24.6 Å². The van der Waals surface area contributed by atoms with E-state index >= 15 is 0 Å². The van der Waals surface area contributed by atoms with Gasteiger partial charge in [-0.25, -0.2) is 4.98 Å². The second-order valence-electron chi connectivity index (χ2n) is 5.94. The number of guanidine groups is 1. The summed E-state index contributed by atoms with van der Waals surface area (Å²) in [7, 11) is 0. The number of halogens is 1. The number of thiophene rings is 1. The number of anilines is 2. The Balaban J connectivity index is 1.75. The van der Waals surface area contributed by atoms with Gasteiger partial charge in [0, 0.05) is 24.2 Å². The molecule has 2 aromatic heterocycles. The van der Waals surface area contributed by atoms with Gasteiger partial charge in [0.05, 0.1) is 16.5 Å². The topological polar surface area (TPSA) is 116 Å². The average Bonchev–Trinajstić information content (AvgIpc) is 3.08. The van der Waals surface area contributed by atoms with Crippen LogP contribution < -0.4 is 20.7 Å². The number of aryl methyl sites for hydroxylation is 1. The van der Waals surface area contributed by atoms with Crippen LogP contribution in [0.5, 0.6) is 0 Å². The SMILES string of the molecule is CCc1cccc(NC(=O)c2cc(Cl)c(N3CCCOC3SNC(=N)N)s2)n1. The number of carbonyl (C=O) groups is 1. The number of hydrogen-bond acceptors (Lipinski definition) is 7. The Morgan fingerprint density at radius 3 is 3.14 bits per heavy atom. The molecule has 1 unspecified atom stereocenters. The van der Waals surface area contributed by atoms with Crippen molar-refractivity contribution in [1.82, 2.24) is 9.71 Å². The molecule has 3 heterocycles. The molecule has 3 rings (SSSR count). The van der Waals surface area contributed by atoms with Crippen molar-refractivity contribution in [2.75, 3.05) is 23.4 Å². The van der Waals surface area contributed by atoms with E-state index in [2.05, 4.69) is 15.0 Å². The van der Waals surface area contributed by atoms with Crippen LogP contribution in [0.3, 0.4) is 0 Å². The van der Waals surface area contributed by atoms with Gasteiger partial charge in [-0.05, 0) is 31.0 Å². The number of pyridine rings is 1. The minimum atomic E-state index is -0.396. The summed E-state index contributed by atoms with van der Waals surface area (Å²) in [6.45, 7) is 3.33. The van der Waals surface area contributed by atoms with Crippen LogP contribution >= 0.6 is 34.9 Å². The Kier molecular flexibility index (Phi) is 7.00. The maximum atomic E-state index is 12.6. The zero-order valence-electron chi connectivity index (χ0n) is 15.2. The predicted molar refractivity (Wildman–Crippen MR) is 115 cm³/mol. The highest BCUT2D eigenvalue weighted by Crippen LogP contribution is 2.39. The lowest BCUT2D eigenvalue weighted by atomic mass is 10.3. The fourth-order valence-corrected chi connectivity index (χ4v) is 4.80. The molecule has 0 radical (unpaired) electrons. The van der Waals surface area contributed by atoms with Crippen LogP contribution in [0.4, 0.5) is 10.8 Å². The predicted octanol–water partition coefficient (Wildman–Crippen LogP) is 3.25. The first kappa shape index (κ1) is 20.7. The quantitative estimate of drug-likeness (QED) is 0.309. The lowest BCUT2D eigenvalue weighted by Crippen LogP contribution is -2.43. The Morgan fingerprint density at radius 2 is 2.39 bits per heavy atom. The van der Waals surface area contributed by atoms with Gasteiger partial charge in [0.1, 0.15) is 10.8 Å². The molecule has 0 bridgehead atoms. The number of nitrogens with zero attached hydrogens (tertiary/aromatic N) is 2. The summed E-state index contributed by atoms with van der Waals surface area (Å²) < 4.78 is 8.45. The second-order valence-corrected chi connectivity index (χ2v) is 8.22. The minimum absolute atomic E-state index is 0.154. The number of aromatic nitrogens is 1. The molecule has 1 aliphatic heterocycles. The van der Waals surface area contributed by atoms with Crippen LogP contribution in [0, 0.1) is 5.41 Å². The summed E-state index contributed by atoms with van der Waals surface area (Å²) in [4.78, 5) is 19.5. The lowest BCUT2D eigenvalue weighted by molar-refractivity contribution is 0.0831. The summed E-state index contributed by atoms with van der Waals surface area (Å²) in [5.41, 5.74) is 5.87. The van der Waals surface area contributed by atoms with Crippen LogP contribution in [0.1, 0.15) is 28.7 Å². The summed E-state index contributed by atoms with van der Waals surface area (Å²) >= 11 is 8.89. The van der Waals surface area contributed by atoms with Gasteiger partial charge < -0.3 is 20.7 Å². The average molecular weight is 441 g/mol. The highest BCUT2D eigenvalue weighted by atomic mass is 35.5. The molecule has 8 nitrogen and oxygen atoms in total. The van der Waals surface area contributed by atoms with Crippen molar-refractivity contribution >= 4 is 57.6 Å². The molecule has 1 amide bonds. The third-order valence-electron chi connectivity index (χ3n) is 3.89. The van der Waals surface area contributed by atoms with Crippen molar-refractivity contribution in [3.05, 3.63) is 39.9 Å². The van der Waals surface area contributed by atoms with Crippen LogP contribution in [0.25, 0.3) is 0 Å². The van der Waals surface area contributed by atoms with Gasteiger partial charge in [-0.15, -0.1) is 11.3 Å². The van der Waals surface area contributed by atoms with Gasteiger partial charge >= 0.3 is 0 Å². The van der Waals surface area contributed by atoms with E-state index in [1.165, 1.54) is 23.3 Å². The molecule has 28 heavy (non-hydrogen) atoms.